The van der Waals surface area contributed by atoms with Gasteiger partial charge in [-0.2, -0.15) is 4.99 Å². The van der Waals surface area contributed by atoms with Crippen LogP contribution in [0.5, 0.6) is 11.5 Å². The largest absolute Gasteiger partial charge is 0.497 e. The van der Waals surface area contributed by atoms with Crippen molar-refractivity contribution in [1.29, 1.82) is 0 Å². The summed E-state index contributed by atoms with van der Waals surface area (Å²) in [6.45, 7) is 3.93. The van der Waals surface area contributed by atoms with Crippen molar-refractivity contribution < 1.29 is 19.1 Å². The van der Waals surface area contributed by atoms with Gasteiger partial charge in [0.2, 0.25) is 5.91 Å². The van der Waals surface area contributed by atoms with E-state index < -0.39 is 0 Å². The fraction of sp³-hybridized carbons (Fsp3) is 0.368. The van der Waals surface area contributed by atoms with Crippen LogP contribution in [-0.4, -0.2) is 48.4 Å². The van der Waals surface area contributed by atoms with Gasteiger partial charge < -0.3 is 14.8 Å². The second-order valence-corrected chi connectivity index (χ2v) is 8.42. The number of allylic oxidation sites excluding steroid dienone is 1. The predicted molar refractivity (Wildman–Crippen MR) is 115 cm³/mol. The number of aliphatic imine (C=N–C) groups is 2. The molecular formula is C19H21N3O4S2. The van der Waals surface area contributed by atoms with Crippen molar-refractivity contribution in [3.8, 4) is 11.5 Å². The molecule has 9 heteroatoms. The molecule has 0 spiro atoms. The molecule has 0 saturated carbocycles. The Bertz CT molecular complexity index is 908. The lowest BCUT2D eigenvalue weighted by Gasteiger charge is -2.15. The van der Waals surface area contributed by atoms with Crippen LogP contribution >= 0.6 is 23.5 Å². The molecule has 0 radical (unpaired) electrons. The average Bonchev–Trinajstić information content (AvgIpc) is 2.96. The number of rotatable bonds is 7. The van der Waals surface area contributed by atoms with Gasteiger partial charge >= 0.3 is 0 Å². The van der Waals surface area contributed by atoms with Crippen LogP contribution in [0, 0.1) is 5.92 Å². The molecule has 0 bridgehead atoms. The molecule has 2 aliphatic heterocycles. The molecule has 0 fully saturated rings. The number of anilines is 1. The van der Waals surface area contributed by atoms with E-state index in [4.69, 9.17) is 9.47 Å². The van der Waals surface area contributed by atoms with Crippen LogP contribution in [0.2, 0.25) is 0 Å². The number of amidine groups is 1. The summed E-state index contributed by atoms with van der Waals surface area (Å²) in [5, 5.41) is 3.60. The molecule has 148 valence electrons. The molecule has 28 heavy (non-hydrogen) atoms. The van der Waals surface area contributed by atoms with Gasteiger partial charge in [-0.3, -0.25) is 9.59 Å². The molecule has 0 aromatic heterocycles. The minimum absolute atomic E-state index is 0.171. The van der Waals surface area contributed by atoms with Crippen molar-refractivity contribution in [3.63, 3.8) is 0 Å². The molecule has 2 aliphatic rings. The normalized spacial score (nSPS) is 18.4. The molecule has 0 saturated heterocycles. The third kappa shape index (κ3) is 4.41. The molecule has 2 heterocycles. The van der Waals surface area contributed by atoms with E-state index >= 15 is 0 Å². The van der Waals surface area contributed by atoms with Gasteiger partial charge in [-0.1, -0.05) is 11.8 Å². The lowest BCUT2D eigenvalue weighted by atomic mass is 10.0. The number of thioether (sulfide) groups is 2. The van der Waals surface area contributed by atoms with E-state index in [-0.39, 0.29) is 23.5 Å². The number of hydrogen-bond donors (Lipinski definition) is 1. The maximum Gasteiger partial charge on any atom is 0.261 e. The number of nitrogens with zero attached hydrogens (tertiary/aromatic N) is 2. The Hall–Kier alpha value is -2.26. The monoisotopic (exact) mass is 419 g/mol. The van der Waals surface area contributed by atoms with Crippen molar-refractivity contribution in [3.05, 3.63) is 28.7 Å². The summed E-state index contributed by atoms with van der Waals surface area (Å²) in [5.41, 5.74) is 1.60. The lowest BCUT2D eigenvalue weighted by molar-refractivity contribution is -0.118. The van der Waals surface area contributed by atoms with Crippen molar-refractivity contribution in [2.24, 2.45) is 15.9 Å². The number of carbonyl (C=O) groups is 2. The van der Waals surface area contributed by atoms with Gasteiger partial charge in [0.05, 0.1) is 36.5 Å². The molecule has 1 unspecified atom stereocenters. The first-order valence-electron chi connectivity index (χ1n) is 8.57. The van der Waals surface area contributed by atoms with E-state index in [0.29, 0.717) is 28.8 Å². The van der Waals surface area contributed by atoms with Crippen LogP contribution in [0.4, 0.5) is 5.69 Å². The Morgan fingerprint density at radius 3 is 2.75 bits per heavy atom. The van der Waals surface area contributed by atoms with Crippen LogP contribution in [0.1, 0.15) is 13.8 Å². The van der Waals surface area contributed by atoms with Gasteiger partial charge in [0.15, 0.2) is 0 Å². The Kier molecular flexibility index (Phi) is 6.46. The molecule has 2 amide bonds. The Balaban J connectivity index is 1.54. The summed E-state index contributed by atoms with van der Waals surface area (Å²) in [5.74, 6) is 1.57. The highest BCUT2D eigenvalue weighted by molar-refractivity contribution is 8.17. The Morgan fingerprint density at radius 1 is 1.25 bits per heavy atom. The summed E-state index contributed by atoms with van der Waals surface area (Å²) >= 11 is 2.88. The third-order valence-corrected chi connectivity index (χ3v) is 6.46. The maximum atomic E-state index is 12.3. The highest BCUT2D eigenvalue weighted by atomic mass is 32.2. The van der Waals surface area contributed by atoms with E-state index in [1.807, 2.05) is 13.8 Å². The van der Waals surface area contributed by atoms with E-state index in [1.165, 1.54) is 30.6 Å². The minimum atomic E-state index is -0.315. The van der Waals surface area contributed by atoms with E-state index in [9.17, 15) is 9.59 Å². The number of hydrogen-bond acceptors (Lipinski definition) is 7. The molecular weight excluding hydrogens is 398 g/mol. The first-order chi connectivity index (χ1) is 13.4. The van der Waals surface area contributed by atoms with Crippen molar-refractivity contribution in [2.75, 3.05) is 31.0 Å². The fourth-order valence-corrected chi connectivity index (χ4v) is 4.60. The Morgan fingerprint density at radius 2 is 2.04 bits per heavy atom. The summed E-state index contributed by atoms with van der Waals surface area (Å²) in [6, 6.07) is 5.18. The SMILES string of the molecule is COc1ccc(NC(=O)CSCC2=NC(=O)C3C(=N2)SC(C)=C3C)c(OC)c1. The second kappa shape index (κ2) is 8.83. The first-order valence-corrected chi connectivity index (χ1v) is 10.5. The van der Waals surface area contributed by atoms with Gasteiger partial charge in [-0.15, -0.1) is 11.8 Å². The lowest BCUT2D eigenvalue weighted by Crippen LogP contribution is -2.26. The highest BCUT2D eigenvalue weighted by Crippen LogP contribution is 2.40. The topological polar surface area (TPSA) is 89.3 Å². The quantitative estimate of drug-likeness (QED) is 0.729. The highest BCUT2D eigenvalue weighted by Gasteiger charge is 2.36. The standard InChI is InChI=1S/C19H21N3O4S2/c1-10-11(2)28-19-17(10)18(24)21-15(22-19)8-27-9-16(23)20-13-6-5-12(25-3)7-14(13)26-4/h5-7,17H,8-9H2,1-4H3,(H,20,23). The second-order valence-electron chi connectivity index (χ2n) is 6.20. The third-order valence-electron chi connectivity index (χ3n) is 4.37. The average molecular weight is 420 g/mol. The van der Waals surface area contributed by atoms with E-state index in [1.54, 1.807) is 25.3 Å². The van der Waals surface area contributed by atoms with Crippen LogP contribution < -0.4 is 14.8 Å². The summed E-state index contributed by atoms with van der Waals surface area (Å²) in [6.07, 6.45) is 0. The van der Waals surface area contributed by atoms with Crippen molar-refractivity contribution >= 4 is 51.9 Å². The Labute approximate surface area is 172 Å². The number of amides is 2. The van der Waals surface area contributed by atoms with Crippen molar-refractivity contribution in [1.82, 2.24) is 0 Å². The van der Waals surface area contributed by atoms with Gasteiger partial charge in [0.1, 0.15) is 23.3 Å². The number of methoxy groups -OCH3 is 2. The number of carbonyl (C=O) groups excluding carboxylic acids is 2. The predicted octanol–water partition coefficient (Wildman–Crippen LogP) is 3.37. The maximum absolute atomic E-state index is 12.3. The number of nitrogens with one attached hydrogen (secondary N) is 1. The van der Waals surface area contributed by atoms with Crippen molar-refractivity contribution in [2.45, 2.75) is 13.8 Å². The van der Waals surface area contributed by atoms with E-state index in [2.05, 4.69) is 15.3 Å². The zero-order valence-electron chi connectivity index (χ0n) is 16.1. The smallest absolute Gasteiger partial charge is 0.261 e. The van der Waals surface area contributed by atoms with Crippen LogP contribution in [0.25, 0.3) is 0 Å². The van der Waals surface area contributed by atoms with Gasteiger partial charge in [0, 0.05) is 6.07 Å². The molecule has 1 aromatic carbocycles. The number of benzene rings is 1. The molecule has 1 atom stereocenters. The molecule has 7 nitrogen and oxygen atoms in total. The number of ether oxygens (including phenoxy) is 2. The zero-order valence-corrected chi connectivity index (χ0v) is 17.7. The van der Waals surface area contributed by atoms with Crippen LogP contribution in [0.3, 0.4) is 0 Å². The van der Waals surface area contributed by atoms with E-state index in [0.717, 1.165) is 15.5 Å². The molecule has 1 N–H and O–H groups in total. The summed E-state index contributed by atoms with van der Waals surface area (Å²) < 4.78 is 10.4. The minimum Gasteiger partial charge on any atom is -0.497 e. The fourth-order valence-electron chi connectivity index (χ4n) is 2.79. The van der Waals surface area contributed by atoms with Gasteiger partial charge in [-0.05, 0) is 36.5 Å². The summed E-state index contributed by atoms with van der Waals surface area (Å²) in [7, 11) is 3.10. The number of fused-ring (bicyclic) bond motifs is 1. The first kappa shape index (κ1) is 20.5. The zero-order chi connectivity index (χ0) is 20.3. The van der Waals surface area contributed by atoms with Gasteiger partial charge in [-0.25, -0.2) is 4.99 Å². The van der Waals surface area contributed by atoms with Crippen LogP contribution in [-0.2, 0) is 9.59 Å². The summed E-state index contributed by atoms with van der Waals surface area (Å²) in [4.78, 5) is 34.2. The van der Waals surface area contributed by atoms with Gasteiger partial charge in [0.25, 0.3) is 5.91 Å². The molecule has 1 aromatic rings. The molecule has 3 rings (SSSR count). The molecule has 0 aliphatic carbocycles. The van der Waals surface area contributed by atoms with Crippen LogP contribution in [0.15, 0.2) is 38.7 Å².